The Morgan fingerprint density at radius 1 is 1.32 bits per heavy atom. The molecule has 1 amide bonds. The van der Waals surface area contributed by atoms with Crippen molar-refractivity contribution in [2.45, 2.75) is 19.0 Å². The Morgan fingerprint density at radius 2 is 2.00 bits per heavy atom. The van der Waals surface area contributed by atoms with Crippen LogP contribution in [0.2, 0.25) is 0 Å². The van der Waals surface area contributed by atoms with Crippen LogP contribution in [0.3, 0.4) is 0 Å². The molecule has 1 aliphatic heterocycles. The molecule has 1 aliphatic rings. The summed E-state index contributed by atoms with van der Waals surface area (Å²) in [6, 6.07) is 3.40. The smallest absolute Gasteiger partial charge is 0.368 e. The van der Waals surface area contributed by atoms with Crippen molar-refractivity contribution in [3.05, 3.63) is 18.3 Å². The van der Waals surface area contributed by atoms with Gasteiger partial charge in [0.05, 0.1) is 18.3 Å². The zero-order valence-electron chi connectivity index (χ0n) is 11.8. The molecule has 0 aliphatic carbocycles. The van der Waals surface area contributed by atoms with Crippen molar-refractivity contribution >= 4 is 29.8 Å². The third-order valence-electron chi connectivity index (χ3n) is 3.13. The van der Waals surface area contributed by atoms with E-state index >= 15 is 0 Å². The number of carbonyl (C=O) groups is 1. The van der Waals surface area contributed by atoms with Crippen LogP contribution in [0.25, 0.3) is 0 Å². The zero-order chi connectivity index (χ0) is 15.3. The summed E-state index contributed by atoms with van der Waals surface area (Å²) in [5.41, 5.74) is 0.935. The molecule has 1 fully saturated rings. The van der Waals surface area contributed by atoms with Gasteiger partial charge in [-0.3, -0.25) is 4.79 Å². The number of aromatic nitrogens is 1. The Bertz CT molecular complexity index is 475. The minimum atomic E-state index is -4.32. The highest BCUT2D eigenvalue weighted by atomic mass is 35.5. The summed E-state index contributed by atoms with van der Waals surface area (Å²) < 4.78 is 36.0. The van der Waals surface area contributed by atoms with E-state index in [1.807, 2.05) is 0 Å². The summed E-state index contributed by atoms with van der Waals surface area (Å²) in [5.74, 6) is -0.421. The molecule has 1 saturated heterocycles. The van der Waals surface area contributed by atoms with Gasteiger partial charge in [-0.15, -0.1) is 12.4 Å². The quantitative estimate of drug-likeness (QED) is 0.883. The van der Waals surface area contributed by atoms with Crippen molar-refractivity contribution in [1.29, 1.82) is 0 Å². The summed E-state index contributed by atoms with van der Waals surface area (Å²) in [5, 5.41) is 5.60. The number of alkyl halides is 3. The maximum absolute atomic E-state index is 12.0. The van der Waals surface area contributed by atoms with E-state index in [1.54, 1.807) is 18.3 Å². The van der Waals surface area contributed by atoms with E-state index in [9.17, 15) is 18.0 Å². The number of carbonyl (C=O) groups excluding carboxylic acids is 1. The molecular weight excluding hydrogens is 321 g/mol. The van der Waals surface area contributed by atoms with Gasteiger partial charge >= 0.3 is 6.18 Å². The maximum atomic E-state index is 12.0. The number of pyridine rings is 1. The lowest BCUT2D eigenvalue weighted by atomic mass is 10.3. The Balaban J connectivity index is 0.00000242. The Morgan fingerprint density at radius 3 is 2.55 bits per heavy atom. The Hall–Kier alpha value is -1.54. The fourth-order valence-electron chi connectivity index (χ4n) is 2.03. The summed E-state index contributed by atoms with van der Waals surface area (Å²) in [7, 11) is 0. The molecule has 2 rings (SSSR count). The third kappa shape index (κ3) is 6.07. The van der Waals surface area contributed by atoms with Gasteiger partial charge in [0, 0.05) is 32.6 Å². The maximum Gasteiger partial charge on any atom is 0.389 e. The van der Waals surface area contributed by atoms with Gasteiger partial charge in [-0.1, -0.05) is 0 Å². The van der Waals surface area contributed by atoms with E-state index in [0.29, 0.717) is 0 Å². The number of halogens is 4. The molecule has 1 aromatic rings. The first kappa shape index (κ1) is 18.5. The first-order chi connectivity index (χ1) is 9.94. The molecule has 0 bridgehead atoms. The highest BCUT2D eigenvalue weighted by Crippen LogP contribution is 2.21. The van der Waals surface area contributed by atoms with E-state index in [2.05, 4.69) is 20.5 Å². The second kappa shape index (κ2) is 8.19. The second-order valence-corrected chi connectivity index (χ2v) is 4.80. The van der Waals surface area contributed by atoms with Gasteiger partial charge in [-0.2, -0.15) is 13.2 Å². The minimum Gasteiger partial charge on any atom is -0.368 e. The SMILES string of the molecule is Cl.O=C(CCC(F)(F)F)Nc1ccc(N2CCNCC2)cn1. The monoisotopic (exact) mass is 338 g/mol. The largest absolute Gasteiger partial charge is 0.389 e. The zero-order valence-corrected chi connectivity index (χ0v) is 12.6. The average Bonchev–Trinajstić information content (AvgIpc) is 2.46. The lowest BCUT2D eigenvalue weighted by molar-refractivity contribution is -0.142. The van der Waals surface area contributed by atoms with Crippen LogP contribution in [0.4, 0.5) is 24.7 Å². The van der Waals surface area contributed by atoms with Crippen molar-refractivity contribution in [3.63, 3.8) is 0 Å². The third-order valence-corrected chi connectivity index (χ3v) is 3.13. The predicted octanol–water partition coefficient (Wildman–Crippen LogP) is 2.19. The van der Waals surface area contributed by atoms with Gasteiger partial charge in [0.15, 0.2) is 0 Å². The molecular formula is C13H18ClF3N4O. The van der Waals surface area contributed by atoms with Gasteiger partial charge < -0.3 is 15.5 Å². The van der Waals surface area contributed by atoms with Crippen LogP contribution in [0.5, 0.6) is 0 Å². The number of nitrogens with one attached hydrogen (secondary N) is 2. The minimum absolute atomic E-state index is 0. The first-order valence-corrected chi connectivity index (χ1v) is 6.72. The normalized spacial score (nSPS) is 15.1. The van der Waals surface area contributed by atoms with Crippen molar-refractivity contribution in [1.82, 2.24) is 10.3 Å². The molecule has 1 aromatic heterocycles. The van der Waals surface area contributed by atoms with E-state index in [4.69, 9.17) is 0 Å². The first-order valence-electron chi connectivity index (χ1n) is 6.72. The molecule has 5 nitrogen and oxygen atoms in total. The number of rotatable bonds is 4. The number of hydrogen-bond donors (Lipinski definition) is 2. The molecule has 0 aromatic carbocycles. The number of nitrogens with zero attached hydrogens (tertiary/aromatic N) is 2. The number of anilines is 2. The predicted molar refractivity (Wildman–Crippen MR) is 80.5 cm³/mol. The van der Waals surface area contributed by atoms with E-state index < -0.39 is 24.9 Å². The van der Waals surface area contributed by atoms with Crippen LogP contribution < -0.4 is 15.5 Å². The van der Waals surface area contributed by atoms with Crippen LogP contribution in [-0.2, 0) is 4.79 Å². The van der Waals surface area contributed by atoms with Crippen LogP contribution in [-0.4, -0.2) is 43.2 Å². The number of hydrogen-bond acceptors (Lipinski definition) is 4. The van der Waals surface area contributed by atoms with Gasteiger partial charge in [0.2, 0.25) is 5.91 Å². The molecule has 124 valence electrons. The van der Waals surface area contributed by atoms with Gasteiger partial charge in [-0.25, -0.2) is 4.98 Å². The van der Waals surface area contributed by atoms with E-state index in [-0.39, 0.29) is 18.2 Å². The van der Waals surface area contributed by atoms with Crippen molar-refractivity contribution in [2.24, 2.45) is 0 Å². The summed E-state index contributed by atoms with van der Waals surface area (Å²) in [6.45, 7) is 3.55. The van der Waals surface area contributed by atoms with Crippen LogP contribution in [0.1, 0.15) is 12.8 Å². The molecule has 0 radical (unpaired) electrons. The standard InChI is InChI=1S/C13H17F3N4O.ClH/c14-13(15,16)4-3-12(21)19-11-2-1-10(9-18-11)20-7-5-17-6-8-20;/h1-2,9,17H,3-8H2,(H,18,19,21);1H. The topological polar surface area (TPSA) is 57.3 Å². The Kier molecular flexibility index (Phi) is 6.89. The second-order valence-electron chi connectivity index (χ2n) is 4.80. The van der Waals surface area contributed by atoms with Gasteiger partial charge in [0.25, 0.3) is 0 Å². The molecule has 9 heteroatoms. The molecule has 2 heterocycles. The van der Waals surface area contributed by atoms with E-state index in [1.165, 1.54) is 0 Å². The molecule has 0 atom stereocenters. The fourth-order valence-corrected chi connectivity index (χ4v) is 2.03. The molecule has 0 unspecified atom stereocenters. The summed E-state index contributed by atoms with van der Waals surface area (Å²) in [6.07, 6.45) is -4.43. The van der Waals surface area contributed by atoms with Gasteiger partial charge in [-0.05, 0) is 12.1 Å². The average molecular weight is 339 g/mol. The van der Waals surface area contributed by atoms with Crippen molar-refractivity contribution in [3.8, 4) is 0 Å². The van der Waals surface area contributed by atoms with Crippen LogP contribution in [0.15, 0.2) is 18.3 Å². The highest BCUT2D eigenvalue weighted by Gasteiger charge is 2.27. The molecule has 0 spiro atoms. The van der Waals surface area contributed by atoms with Crippen LogP contribution >= 0.6 is 12.4 Å². The lowest BCUT2D eigenvalue weighted by Gasteiger charge is -2.29. The summed E-state index contributed by atoms with van der Waals surface area (Å²) >= 11 is 0. The summed E-state index contributed by atoms with van der Waals surface area (Å²) in [4.78, 5) is 17.6. The Labute approximate surface area is 132 Å². The lowest BCUT2D eigenvalue weighted by Crippen LogP contribution is -2.43. The van der Waals surface area contributed by atoms with Crippen LogP contribution in [0, 0.1) is 0 Å². The van der Waals surface area contributed by atoms with Crippen molar-refractivity contribution in [2.75, 3.05) is 36.4 Å². The molecule has 2 N–H and O–H groups in total. The highest BCUT2D eigenvalue weighted by molar-refractivity contribution is 5.89. The van der Waals surface area contributed by atoms with E-state index in [0.717, 1.165) is 31.9 Å². The fraction of sp³-hybridized carbons (Fsp3) is 0.538. The van der Waals surface area contributed by atoms with Crippen molar-refractivity contribution < 1.29 is 18.0 Å². The molecule has 22 heavy (non-hydrogen) atoms. The number of amides is 1. The van der Waals surface area contributed by atoms with Gasteiger partial charge in [0.1, 0.15) is 5.82 Å². The molecule has 0 saturated carbocycles. The number of piperazine rings is 1.